The standard InChI is InChI=1S/C34H21N4/c1-2-9-24-21-32-27(20-23(24)8-1)26-10-3-6-14-31(26)38(32)25-17-15-22(16-18-25)33-34(30-13-7-19-35-30)37-29-12-5-4-11-28(29)36-33/h1-21H/q+1. The Morgan fingerprint density at radius 3 is 2.03 bits per heavy atom. The average molecular weight is 486 g/mol. The second-order valence-electron chi connectivity index (χ2n) is 9.55. The van der Waals surface area contributed by atoms with E-state index in [2.05, 4.69) is 94.2 Å². The second kappa shape index (κ2) is 8.10. The summed E-state index contributed by atoms with van der Waals surface area (Å²) >= 11 is 0. The summed E-state index contributed by atoms with van der Waals surface area (Å²) in [5, 5.41) is 5.00. The van der Waals surface area contributed by atoms with Crippen LogP contribution in [0.4, 0.5) is 0 Å². The van der Waals surface area contributed by atoms with Gasteiger partial charge in [-0.25, -0.2) is 9.97 Å². The van der Waals surface area contributed by atoms with Gasteiger partial charge in [-0.1, -0.05) is 71.4 Å². The van der Waals surface area contributed by atoms with Crippen LogP contribution in [0.1, 0.15) is 5.69 Å². The van der Waals surface area contributed by atoms with E-state index >= 15 is 0 Å². The molecule has 2 aromatic heterocycles. The lowest BCUT2D eigenvalue weighted by Gasteiger charge is -2.11. The van der Waals surface area contributed by atoms with Crippen molar-refractivity contribution >= 4 is 55.5 Å². The van der Waals surface area contributed by atoms with E-state index in [9.17, 15) is 0 Å². The lowest BCUT2D eigenvalue weighted by molar-refractivity contribution is 1.18. The maximum absolute atomic E-state index is 5.02. The van der Waals surface area contributed by atoms with Crippen LogP contribution >= 0.6 is 0 Å². The van der Waals surface area contributed by atoms with Gasteiger partial charge in [0.05, 0.1) is 22.1 Å². The van der Waals surface area contributed by atoms with Crippen LogP contribution in [0.5, 0.6) is 0 Å². The van der Waals surface area contributed by atoms with Crippen LogP contribution in [-0.4, -0.2) is 26.5 Å². The molecule has 3 heterocycles. The number of para-hydroxylation sites is 3. The van der Waals surface area contributed by atoms with E-state index in [1.54, 1.807) is 6.21 Å². The summed E-state index contributed by atoms with van der Waals surface area (Å²) in [6.07, 6.45) is 5.72. The van der Waals surface area contributed by atoms with Crippen LogP contribution in [-0.2, 0) is 0 Å². The monoisotopic (exact) mass is 485 g/mol. The molecule has 1 aliphatic rings. The summed E-state index contributed by atoms with van der Waals surface area (Å²) < 4.78 is 6.88. The van der Waals surface area contributed by atoms with Crippen molar-refractivity contribution in [1.82, 2.24) is 19.2 Å². The lowest BCUT2D eigenvalue weighted by atomic mass is 10.1. The molecule has 5 aromatic carbocycles. The Kier molecular flexibility index (Phi) is 4.44. The first kappa shape index (κ1) is 20.8. The van der Waals surface area contributed by atoms with Crippen LogP contribution in [0.25, 0.3) is 60.6 Å². The average Bonchev–Trinajstić information content (AvgIpc) is 3.62. The molecule has 0 N–H and O–H groups in total. The minimum atomic E-state index is 0.796. The van der Waals surface area contributed by atoms with Gasteiger partial charge in [0.25, 0.3) is 6.21 Å². The molecular formula is C34H21N4+. The number of fused-ring (bicyclic) bond motifs is 5. The van der Waals surface area contributed by atoms with Crippen molar-refractivity contribution in [1.29, 1.82) is 0 Å². The van der Waals surface area contributed by atoms with Crippen LogP contribution in [0.3, 0.4) is 0 Å². The Bertz CT molecular complexity index is 2160. The molecule has 0 unspecified atom stereocenters. The third-order valence-electron chi connectivity index (χ3n) is 7.31. The molecule has 0 aliphatic carbocycles. The zero-order chi connectivity index (χ0) is 25.1. The molecule has 0 bridgehead atoms. The van der Waals surface area contributed by atoms with E-state index in [4.69, 9.17) is 9.97 Å². The number of hydrogen-bond donors (Lipinski definition) is 0. The molecule has 0 fully saturated rings. The fourth-order valence-corrected chi connectivity index (χ4v) is 5.52. The summed E-state index contributed by atoms with van der Waals surface area (Å²) in [6, 6.07) is 38.4. The number of nitrogens with zero attached hydrogens (tertiary/aromatic N) is 4. The zero-order valence-electron chi connectivity index (χ0n) is 20.4. The zero-order valence-corrected chi connectivity index (χ0v) is 20.4. The maximum atomic E-state index is 5.02. The van der Waals surface area contributed by atoms with Crippen LogP contribution < -0.4 is 4.67 Å². The van der Waals surface area contributed by atoms with Gasteiger partial charge in [0.15, 0.2) is 5.69 Å². The van der Waals surface area contributed by atoms with Crippen molar-refractivity contribution in [2.75, 3.05) is 0 Å². The van der Waals surface area contributed by atoms with Crippen molar-refractivity contribution in [2.45, 2.75) is 0 Å². The summed E-state index contributed by atoms with van der Waals surface area (Å²) in [6.45, 7) is 0. The summed E-state index contributed by atoms with van der Waals surface area (Å²) in [7, 11) is 0. The maximum Gasteiger partial charge on any atom is 0.355 e. The normalized spacial score (nSPS) is 12.8. The molecule has 8 rings (SSSR count). The predicted octanol–water partition coefficient (Wildman–Crippen LogP) is 7.04. The Labute approximate surface area is 218 Å². The van der Waals surface area contributed by atoms with E-state index in [1.165, 1.54) is 32.6 Å². The number of rotatable bonds is 3. The molecule has 4 nitrogen and oxygen atoms in total. The van der Waals surface area contributed by atoms with Gasteiger partial charge < -0.3 is 4.57 Å². The van der Waals surface area contributed by atoms with Gasteiger partial charge in [-0.3, -0.25) is 0 Å². The molecule has 0 saturated heterocycles. The van der Waals surface area contributed by atoms with Gasteiger partial charge in [0.1, 0.15) is 5.69 Å². The van der Waals surface area contributed by atoms with Crippen molar-refractivity contribution < 1.29 is 0 Å². The molecular weight excluding hydrogens is 464 g/mol. The Balaban J connectivity index is 1.33. The fraction of sp³-hybridized carbons (Fsp3) is 0. The van der Waals surface area contributed by atoms with E-state index in [-0.39, 0.29) is 0 Å². The van der Waals surface area contributed by atoms with Gasteiger partial charge in [0.2, 0.25) is 0 Å². The molecule has 0 atom stereocenters. The molecule has 38 heavy (non-hydrogen) atoms. The largest absolute Gasteiger partial charge is 0.355 e. The molecule has 0 saturated carbocycles. The highest BCUT2D eigenvalue weighted by Crippen LogP contribution is 2.35. The van der Waals surface area contributed by atoms with Crippen molar-refractivity contribution in [3.05, 3.63) is 127 Å². The summed E-state index contributed by atoms with van der Waals surface area (Å²) in [5.74, 6) is 0. The van der Waals surface area contributed by atoms with E-state index < -0.39 is 0 Å². The van der Waals surface area contributed by atoms with Gasteiger partial charge in [-0.2, -0.15) is 0 Å². The highest BCUT2D eigenvalue weighted by Gasteiger charge is 2.23. The third-order valence-corrected chi connectivity index (χ3v) is 7.31. The van der Waals surface area contributed by atoms with Crippen molar-refractivity contribution in [3.8, 4) is 16.9 Å². The summed E-state index contributed by atoms with van der Waals surface area (Å²) in [5.41, 5.74) is 8.71. The lowest BCUT2D eigenvalue weighted by Crippen LogP contribution is -2.07. The third kappa shape index (κ3) is 3.15. The summed E-state index contributed by atoms with van der Waals surface area (Å²) in [4.78, 5) is 9.97. The number of benzene rings is 5. The Morgan fingerprint density at radius 1 is 0.579 bits per heavy atom. The van der Waals surface area contributed by atoms with E-state index in [1.807, 2.05) is 36.4 Å². The quantitative estimate of drug-likeness (QED) is 0.252. The van der Waals surface area contributed by atoms with Crippen molar-refractivity contribution in [3.63, 3.8) is 0 Å². The molecule has 0 radical (unpaired) electrons. The Morgan fingerprint density at radius 2 is 1.26 bits per heavy atom. The smallest absolute Gasteiger partial charge is 0.309 e. The molecule has 176 valence electrons. The number of hydrogen-bond acceptors (Lipinski definition) is 2. The van der Waals surface area contributed by atoms with Crippen LogP contribution in [0, 0.1) is 0 Å². The molecule has 0 spiro atoms. The topological polar surface area (TPSA) is 44.8 Å². The SMILES string of the molecule is C1=CC(c2nc3ccccc3nc2-c2ccc(-n3c4ccccc4c4cc5ccccc5cc43)cc2)=[N+]=C1. The highest BCUT2D eigenvalue weighted by molar-refractivity contribution is 6.16. The van der Waals surface area contributed by atoms with Gasteiger partial charge in [-0.15, -0.1) is 0 Å². The first-order valence-electron chi connectivity index (χ1n) is 12.7. The van der Waals surface area contributed by atoms with Crippen LogP contribution in [0.15, 0.2) is 121 Å². The fourth-order valence-electron chi connectivity index (χ4n) is 5.52. The predicted molar refractivity (Wildman–Crippen MR) is 158 cm³/mol. The molecule has 1 aliphatic heterocycles. The van der Waals surface area contributed by atoms with Gasteiger partial charge in [-0.05, 0) is 53.2 Å². The second-order valence-corrected chi connectivity index (χ2v) is 9.55. The van der Waals surface area contributed by atoms with Gasteiger partial charge in [0, 0.05) is 34.2 Å². The minimum absolute atomic E-state index is 0.796. The minimum Gasteiger partial charge on any atom is -0.309 e. The Hall–Kier alpha value is -5.31. The van der Waals surface area contributed by atoms with E-state index in [0.717, 1.165) is 39.4 Å². The van der Waals surface area contributed by atoms with Gasteiger partial charge >= 0.3 is 5.71 Å². The van der Waals surface area contributed by atoms with E-state index in [0.29, 0.717) is 0 Å². The number of aromatic nitrogens is 3. The molecule has 4 heteroatoms. The van der Waals surface area contributed by atoms with Crippen LogP contribution in [0.2, 0.25) is 0 Å². The first-order valence-corrected chi connectivity index (χ1v) is 12.7. The highest BCUT2D eigenvalue weighted by atomic mass is 15.0. The van der Waals surface area contributed by atoms with Crippen molar-refractivity contribution in [2.24, 2.45) is 0 Å². The molecule has 7 aromatic rings. The first-order chi connectivity index (χ1) is 18.8. The number of allylic oxidation sites excluding steroid dienone is 2. The molecule has 0 amide bonds.